The van der Waals surface area contributed by atoms with Crippen molar-refractivity contribution in [1.82, 2.24) is 19.8 Å². The lowest BCUT2D eigenvalue weighted by molar-refractivity contribution is 0.238. The van der Waals surface area contributed by atoms with Gasteiger partial charge < -0.3 is 14.8 Å². The molecule has 1 saturated heterocycles. The van der Waals surface area contributed by atoms with Crippen LogP contribution in [0.1, 0.15) is 54.8 Å². The van der Waals surface area contributed by atoms with Crippen molar-refractivity contribution in [2.45, 2.75) is 50.7 Å². The van der Waals surface area contributed by atoms with Crippen LogP contribution in [-0.2, 0) is 7.05 Å². The molecule has 1 aliphatic carbocycles. The summed E-state index contributed by atoms with van der Waals surface area (Å²) >= 11 is 5.76. The molecule has 2 fully saturated rings. The van der Waals surface area contributed by atoms with E-state index in [1.165, 1.54) is 37.1 Å². The van der Waals surface area contributed by atoms with Gasteiger partial charge in [0, 0.05) is 30.7 Å². The molecule has 1 saturated carbocycles. The zero-order valence-electron chi connectivity index (χ0n) is 14.3. The lowest BCUT2D eigenvalue weighted by atomic mass is 10.00. The molecule has 0 radical (unpaired) electrons. The molecular weight excluding hydrogens is 316 g/mol. The van der Waals surface area contributed by atoms with Crippen LogP contribution in [0.5, 0.6) is 0 Å². The van der Waals surface area contributed by atoms with Crippen molar-refractivity contribution in [1.29, 1.82) is 0 Å². The molecule has 24 heavy (non-hydrogen) atoms. The first-order valence-corrected chi connectivity index (χ1v) is 9.19. The van der Waals surface area contributed by atoms with Crippen LogP contribution < -0.4 is 5.32 Å². The van der Waals surface area contributed by atoms with Gasteiger partial charge in [-0.2, -0.15) is 0 Å². The molecular formula is C19H24N4S. The minimum absolute atomic E-state index is 0.104. The maximum absolute atomic E-state index is 5.76. The predicted octanol–water partition coefficient (Wildman–Crippen LogP) is 3.64. The maximum Gasteiger partial charge on any atom is 0.170 e. The van der Waals surface area contributed by atoms with Gasteiger partial charge in [-0.05, 0) is 56.2 Å². The Bertz CT molecular complexity index is 733. The van der Waals surface area contributed by atoms with Crippen molar-refractivity contribution in [3.8, 4) is 0 Å². The van der Waals surface area contributed by atoms with Crippen molar-refractivity contribution in [3.05, 3.63) is 53.6 Å². The molecule has 0 spiro atoms. The van der Waals surface area contributed by atoms with Crippen LogP contribution in [0, 0.1) is 6.92 Å². The Morgan fingerprint density at radius 2 is 1.96 bits per heavy atom. The molecule has 2 unspecified atom stereocenters. The molecule has 2 atom stereocenters. The van der Waals surface area contributed by atoms with Gasteiger partial charge in [0.2, 0.25) is 0 Å². The van der Waals surface area contributed by atoms with Crippen molar-refractivity contribution >= 4 is 17.3 Å². The van der Waals surface area contributed by atoms with Gasteiger partial charge in [-0.15, -0.1) is 0 Å². The average Bonchev–Trinajstić information content (AvgIpc) is 3.29. The standard InChI is InChI=1S/C19H24N4S/c1-13-10-11-16(22(13)2)18-17(15-9-5-6-12-20-15)21-19(24)23(18)14-7-3-4-8-14/h5-6,9-12,14,17-18H,3-4,7-8H2,1-2H3,(H,21,24). The van der Waals surface area contributed by atoms with E-state index in [1.54, 1.807) is 0 Å². The fourth-order valence-electron chi connectivity index (χ4n) is 4.19. The zero-order chi connectivity index (χ0) is 16.7. The van der Waals surface area contributed by atoms with Crippen LogP contribution in [-0.4, -0.2) is 25.6 Å². The van der Waals surface area contributed by atoms with E-state index in [1.807, 2.05) is 12.3 Å². The van der Waals surface area contributed by atoms with Crippen LogP contribution in [0.15, 0.2) is 36.5 Å². The Labute approximate surface area is 148 Å². The normalized spacial score (nSPS) is 24.6. The van der Waals surface area contributed by atoms with E-state index in [2.05, 4.69) is 58.0 Å². The number of hydrogen-bond donors (Lipinski definition) is 1. The van der Waals surface area contributed by atoms with Gasteiger partial charge in [0.1, 0.15) is 0 Å². The first-order chi connectivity index (χ1) is 11.7. The summed E-state index contributed by atoms with van der Waals surface area (Å²) in [5, 5.41) is 4.44. The van der Waals surface area contributed by atoms with Gasteiger partial charge in [0.25, 0.3) is 0 Å². The van der Waals surface area contributed by atoms with E-state index in [0.717, 1.165) is 10.8 Å². The molecule has 0 amide bonds. The Morgan fingerprint density at radius 3 is 2.58 bits per heavy atom. The van der Waals surface area contributed by atoms with E-state index < -0.39 is 0 Å². The summed E-state index contributed by atoms with van der Waals surface area (Å²) in [7, 11) is 2.15. The summed E-state index contributed by atoms with van der Waals surface area (Å²) in [4.78, 5) is 7.07. The van der Waals surface area contributed by atoms with E-state index in [9.17, 15) is 0 Å². The summed E-state index contributed by atoms with van der Waals surface area (Å²) in [6.07, 6.45) is 6.94. The summed E-state index contributed by atoms with van der Waals surface area (Å²) in [5.41, 5.74) is 3.64. The van der Waals surface area contributed by atoms with Gasteiger partial charge in [-0.1, -0.05) is 18.9 Å². The third kappa shape index (κ3) is 2.51. The Morgan fingerprint density at radius 1 is 1.17 bits per heavy atom. The van der Waals surface area contributed by atoms with E-state index >= 15 is 0 Å². The van der Waals surface area contributed by atoms with Crippen molar-refractivity contribution in [2.24, 2.45) is 7.05 Å². The summed E-state index contributed by atoms with van der Waals surface area (Å²) < 4.78 is 2.29. The second-order valence-electron chi connectivity index (χ2n) is 6.93. The van der Waals surface area contributed by atoms with Crippen molar-refractivity contribution in [2.75, 3.05) is 0 Å². The fraction of sp³-hybridized carbons (Fsp3) is 0.474. The van der Waals surface area contributed by atoms with E-state index in [4.69, 9.17) is 12.2 Å². The molecule has 0 aromatic carbocycles. The van der Waals surface area contributed by atoms with E-state index in [-0.39, 0.29) is 12.1 Å². The number of aryl methyl sites for hydroxylation is 1. The molecule has 1 aliphatic heterocycles. The molecule has 5 heteroatoms. The third-order valence-corrected chi connectivity index (χ3v) is 5.90. The summed E-state index contributed by atoms with van der Waals surface area (Å²) in [6, 6.07) is 11.4. The highest BCUT2D eigenvalue weighted by molar-refractivity contribution is 7.80. The Hall–Kier alpha value is -1.88. The largest absolute Gasteiger partial charge is 0.352 e. The number of rotatable bonds is 3. The molecule has 0 bridgehead atoms. The predicted molar refractivity (Wildman–Crippen MR) is 99.7 cm³/mol. The number of aromatic nitrogens is 2. The molecule has 4 nitrogen and oxygen atoms in total. The monoisotopic (exact) mass is 340 g/mol. The second-order valence-corrected chi connectivity index (χ2v) is 7.32. The van der Waals surface area contributed by atoms with Crippen LogP contribution >= 0.6 is 12.2 Å². The topological polar surface area (TPSA) is 33.1 Å². The zero-order valence-corrected chi connectivity index (χ0v) is 15.1. The van der Waals surface area contributed by atoms with Gasteiger partial charge in [-0.3, -0.25) is 4.98 Å². The minimum atomic E-state index is 0.104. The molecule has 1 N–H and O–H groups in total. The van der Waals surface area contributed by atoms with Crippen LogP contribution in [0.2, 0.25) is 0 Å². The number of nitrogens with one attached hydrogen (secondary N) is 1. The highest BCUT2D eigenvalue weighted by Crippen LogP contribution is 2.42. The molecule has 2 aliphatic rings. The first kappa shape index (κ1) is 15.6. The first-order valence-electron chi connectivity index (χ1n) is 8.79. The highest BCUT2D eigenvalue weighted by Gasteiger charge is 2.44. The lowest BCUT2D eigenvalue weighted by Crippen LogP contribution is -2.38. The number of thiocarbonyl (C=S) groups is 1. The Balaban J connectivity index is 1.79. The minimum Gasteiger partial charge on any atom is -0.352 e. The summed E-state index contributed by atoms with van der Waals surface area (Å²) in [6.45, 7) is 2.15. The van der Waals surface area contributed by atoms with Gasteiger partial charge in [0.05, 0.1) is 17.8 Å². The van der Waals surface area contributed by atoms with Gasteiger partial charge in [-0.25, -0.2) is 0 Å². The smallest absolute Gasteiger partial charge is 0.170 e. The SMILES string of the molecule is Cc1ccc(C2C(c3ccccn3)NC(=S)N2C2CCCC2)n1C. The molecule has 2 aromatic heterocycles. The van der Waals surface area contributed by atoms with Gasteiger partial charge >= 0.3 is 0 Å². The maximum atomic E-state index is 5.76. The highest BCUT2D eigenvalue weighted by atomic mass is 32.1. The molecule has 4 rings (SSSR count). The van der Waals surface area contributed by atoms with Gasteiger partial charge in [0.15, 0.2) is 5.11 Å². The van der Waals surface area contributed by atoms with Crippen LogP contribution in [0.3, 0.4) is 0 Å². The second kappa shape index (κ2) is 6.20. The summed E-state index contributed by atoms with van der Waals surface area (Å²) in [5.74, 6) is 0. The van der Waals surface area contributed by atoms with E-state index in [0.29, 0.717) is 6.04 Å². The lowest BCUT2D eigenvalue weighted by Gasteiger charge is -2.33. The number of nitrogens with zero attached hydrogens (tertiary/aromatic N) is 3. The molecule has 126 valence electrons. The third-order valence-electron chi connectivity index (χ3n) is 5.57. The number of pyridine rings is 1. The Kier molecular flexibility index (Phi) is 4.04. The quantitative estimate of drug-likeness (QED) is 0.865. The van der Waals surface area contributed by atoms with Crippen LogP contribution in [0.4, 0.5) is 0 Å². The van der Waals surface area contributed by atoms with Crippen LogP contribution in [0.25, 0.3) is 0 Å². The molecule has 3 heterocycles. The number of hydrogen-bond acceptors (Lipinski definition) is 2. The van der Waals surface area contributed by atoms with Crippen molar-refractivity contribution in [3.63, 3.8) is 0 Å². The average molecular weight is 340 g/mol. The van der Waals surface area contributed by atoms with Crippen molar-refractivity contribution < 1.29 is 0 Å². The fourth-order valence-corrected chi connectivity index (χ4v) is 4.58. The molecule has 2 aromatic rings.